The Morgan fingerprint density at radius 3 is 2.46 bits per heavy atom. The van der Waals surface area contributed by atoms with Gasteiger partial charge in [0.2, 0.25) is 0 Å². The van der Waals surface area contributed by atoms with Gasteiger partial charge in [-0.05, 0) is 6.92 Å². The van der Waals surface area contributed by atoms with E-state index >= 15 is 0 Å². The molecule has 13 heavy (non-hydrogen) atoms. The molecule has 0 atom stereocenters. The molecule has 1 heterocycles. The van der Waals surface area contributed by atoms with Gasteiger partial charge < -0.3 is 0 Å². The van der Waals surface area contributed by atoms with Gasteiger partial charge in [0, 0.05) is 11.6 Å². The van der Waals surface area contributed by atoms with Crippen molar-refractivity contribution in [3.8, 4) is 11.3 Å². The Labute approximate surface area is 81.6 Å². The van der Waals surface area contributed by atoms with Gasteiger partial charge in [-0.3, -0.25) is 5.10 Å². The van der Waals surface area contributed by atoms with E-state index in [4.69, 9.17) is 11.6 Å². The summed E-state index contributed by atoms with van der Waals surface area (Å²) in [5, 5.41) is 7.32. The molecule has 2 nitrogen and oxygen atoms in total. The van der Waals surface area contributed by atoms with Gasteiger partial charge in [-0.25, -0.2) is 0 Å². The van der Waals surface area contributed by atoms with E-state index < -0.39 is 0 Å². The van der Waals surface area contributed by atoms with Gasteiger partial charge in [0.25, 0.3) is 0 Å². The number of aryl methyl sites for hydroxylation is 1. The summed E-state index contributed by atoms with van der Waals surface area (Å²) < 4.78 is 0. The van der Waals surface area contributed by atoms with Crippen molar-refractivity contribution in [1.82, 2.24) is 10.2 Å². The van der Waals surface area contributed by atoms with Crippen LogP contribution in [0.1, 0.15) is 5.56 Å². The Hall–Kier alpha value is -1.28. The highest BCUT2D eigenvalue weighted by atomic mass is 35.5. The number of hydrogen-bond donors (Lipinski definition) is 1. The molecule has 0 saturated heterocycles. The van der Waals surface area contributed by atoms with Crippen LogP contribution in [0.2, 0.25) is 5.15 Å². The molecule has 2 aromatic rings. The summed E-state index contributed by atoms with van der Waals surface area (Å²) in [5.74, 6) is 0. The molecule has 3 heteroatoms. The predicted molar refractivity (Wildman–Crippen MR) is 53.8 cm³/mol. The van der Waals surface area contributed by atoms with Gasteiger partial charge in [-0.15, -0.1) is 0 Å². The molecule has 1 aromatic heterocycles. The van der Waals surface area contributed by atoms with Crippen LogP contribution in [-0.4, -0.2) is 10.2 Å². The van der Waals surface area contributed by atoms with Crippen LogP contribution in [0.25, 0.3) is 11.3 Å². The first-order valence-electron chi connectivity index (χ1n) is 4.03. The van der Waals surface area contributed by atoms with Gasteiger partial charge in [0.1, 0.15) is 5.15 Å². The Morgan fingerprint density at radius 1 is 1.23 bits per heavy atom. The minimum Gasteiger partial charge on any atom is -0.267 e. The fourth-order valence-electron chi connectivity index (χ4n) is 1.17. The second kappa shape index (κ2) is 3.23. The Morgan fingerprint density at radius 2 is 1.92 bits per heavy atom. The zero-order valence-electron chi connectivity index (χ0n) is 7.21. The number of H-pyrrole nitrogens is 1. The lowest BCUT2D eigenvalue weighted by Gasteiger charge is -1.95. The fraction of sp³-hybridized carbons (Fsp3) is 0.100. The van der Waals surface area contributed by atoms with E-state index in [2.05, 4.69) is 29.3 Å². The molecular weight excluding hydrogens is 184 g/mol. The highest BCUT2D eigenvalue weighted by Crippen LogP contribution is 2.19. The van der Waals surface area contributed by atoms with E-state index in [9.17, 15) is 0 Å². The standard InChI is InChI=1S/C10H9ClN2/c1-7-2-4-8(5-3-7)9-6-10(11)13-12-9/h2-6H,1H3,(H,12,13). The lowest BCUT2D eigenvalue weighted by atomic mass is 10.1. The van der Waals surface area contributed by atoms with E-state index in [1.165, 1.54) is 5.56 Å². The average molecular weight is 193 g/mol. The monoisotopic (exact) mass is 192 g/mol. The first kappa shape index (κ1) is 8.32. The number of hydrogen-bond acceptors (Lipinski definition) is 1. The maximum absolute atomic E-state index is 5.72. The van der Waals surface area contributed by atoms with Crippen molar-refractivity contribution in [1.29, 1.82) is 0 Å². The van der Waals surface area contributed by atoms with Gasteiger partial charge in [0.15, 0.2) is 0 Å². The first-order chi connectivity index (χ1) is 6.25. The van der Waals surface area contributed by atoms with E-state index in [1.807, 2.05) is 18.2 Å². The summed E-state index contributed by atoms with van der Waals surface area (Å²) >= 11 is 5.72. The number of nitrogens with zero attached hydrogens (tertiary/aromatic N) is 1. The number of nitrogens with one attached hydrogen (secondary N) is 1. The SMILES string of the molecule is Cc1ccc(-c2cc(Cl)[nH]n2)cc1. The van der Waals surface area contributed by atoms with Crippen molar-refractivity contribution >= 4 is 11.6 Å². The van der Waals surface area contributed by atoms with Gasteiger partial charge >= 0.3 is 0 Å². The van der Waals surface area contributed by atoms with Crippen LogP contribution in [0.3, 0.4) is 0 Å². The zero-order valence-corrected chi connectivity index (χ0v) is 7.97. The molecule has 0 amide bonds. The second-order valence-corrected chi connectivity index (χ2v) is 3.37. The molecule has 0 aliphatic carbocycles. The summed E-state index contributed by atoms with van der Waals surface area (Å²) in [6.07, 6.45) is 0. The maximum Gasteiger partial charge on any atom is 0.124 e. The number of benzene rings is 1. The van der Waals surface area contributed by atoms with Crippen molar-refractivity contribution in [2.45, 2.75) is 6.92 Å². The summed E-state index contributed by atoms with van der Waals surface area (Å²) in [6, 6.07) is 9.98. The third-order valence-corrected chi connectivity index (χ3v) is 2.09. The molecule has 66 valence electrons. The Balaban J connectivity index is 2.41. The molecule has 0 radical (unpaired) electrons. The first-order valence-corrected chi connectivity index (χ1v) is 4.41. The largest absolute Gasteiger partial charge is 0.267 e. The van der Waals surface area contributed by atoms with Crippen molar-refractivity contribution in [2.24, 2.45) is 0 Å². The van der Waals surface area contributed by atoms with Crippen molar-refractivity contribution in [2.75, 3.05) is 0 Å². The van der Waals surface area contributed by atoms with Crippen LogP contribution in [0, 0.1) is 6.92 Å². The average Bonchev–Trinajstić information content (AvgIpc) is 2.53. The third kappa shape index (κ3) is 1.73. The molecule has 0 bridgehead atoms. The smallest absolute Gasteiger partial charge is 0.124 e. The number of rotatable bonds is 1. The summed E-state index contributed by atoms with van der Waals surface area (Å²) in [5.41, 5.74) is 3.20. The lowest BCUT2D eigenvalue weighted by Crippen LogP contribution is -1.77. The predicted octanol–water partition coefficient (Wildman–Crippen LogP) is 3.04. The molecule has 1 aromatic carbocycles. The number of aromatic amines is 1. The topological polar surface area (TPSA) is 28.7 Å². The highest BCUT2D eigenvalue weighted by molar-refractivity contribution is 6.29. The zero-order chi connectivity index (χ0) is 9.26. The summed E-state index contributed by atoms with van der Waals surface area (Å²) in [6.45, 7) is 2.06. The minimum atomic E-state index is 0.565. The molecule has 0 spiro atoms. The van der Waals surface area contributed by atoms with Crippen LogP contribution in [0.15, 0.2) is 30.3 Å². The molecule has 0 unspecified atom stereocenters. The highest BCUT2D eigenvalue weighted by Gasteiger charge is 2.00. The van der Waals surface area contributed by atoms with Crippen LogP contribution >= 0.6 is 11.6 Å². The lowest BCUT2D eigenvalue weighted by molar-refractivity contribution is 1.10. The van der Waals surface area contributed by atoms with Gasteiger partial charge in [0.05, 0.1) is 5.69 Å². The van der Waals surface area contributed by atoms with E-state index in [1.54, 1.807) is 0 Å². The molecule has 1 N–H and O–H groups in total. The van der Waals surface area contributed by atoms with Crippen LogP contribution in [-0.2, 0) is 0 Å². The van der Waals surface area contributed by atoms with Crippen molar-refractivity contribution in [3.05, 3.63) is 41.0 Å². The van der Waals surface area contributed by atoms with Gasteiger partial charge in [-0.1, -0.05) is 41.4 Å². The van der Waals surface area contributed by atoms with Gasteiger partial charge in [-0.2, -0.15) is 5.10 Å². The van der Waals surface area contributed by atoms with Crippen LogP contribution in [0.4, 0.5) is 0 Å². The maximum atomic E-state index is 5.72. The van der Waals surface area contributed by atoms with Crippen molar-refractivity contribution < 1.29 is 0 Å². The number of aromatic nitrogens is 2. The van der Waals surface area contributed by atoms with Crippen LogP contribution < -0.4 is 0 Å². The molecule has 0 aliphatic heterocycles. The summed E-state index contributed by atoms with van der Waals surface area (Å²) in [7, 11) is 0. The molecule has 0 fully saturated rings. The number of halogens is 1. The molecule has 2 rings (SSSR count). The summed E-state index contributed by atoms with van der Waals surface area (Å²) in [4.78, 5) is 0. The minimum absolute atomic E-state index is 0.565. The third-order valence-electron chi connectivity index (χ3n) is 1.89. The normalized spacial score (nSPS) is 10.3. The van der Waals surface area contributed by atoms with E-state index in [0.717, 1.165) is 11.3 Å². The Bertz CT molecular complexity index is 403. The van der Waals surface area contributed by atoms with E-state index in [0.29, 0.717) is 5.15 Å². The van der Waals surface area contributed by atoms with E-state index in [-0.39, 0.29) is 0 Å². The molecular formula is C10H9ClN2. The Kier molecular flexibility index (Phi) is 2.07. The molecule has 0 aliphatic rings. The van der Waals surface area contributed by atoms with Crippen molar-refractivity contribution in [3.63, 3.8) is 0 Å². The molecule has 0 saturated carbocycles. The fourth-order valence-corrected chi connectivity index (χ4v) is 1.32. The van der Waals surface area contributed by atoms with Crippen LogP contribution in [0.5, 0.6) is 0 Å². The second-order valence-electron chi connectivity index (χ2n) is 2.97. The quantitative estimate of drug-likeness (QED) is 0.739.